The molecule has 1 atom stereocenters. The van der Waals surface area contributed by atoms with E-state index in [1.165, 1.54) is 0 Å². The molecule has 0 aliphatic rings. The fourth-order valence-corrected chi connectivity index (χ4v) is 3.86. The quantitative estimate of drug-likeness (QED) is 0.777. The zero-order chi connectivity index (χ0) is 19.3. The minimum absolute atomic E-state index is 0.0309. The topological polar surface area (TPSA) is 66.5 Å². The largest absolute Gasteiger partial charge is 0.352 e. The Morgan fingerprint density at radius 2 is 1.69 bits per heavy atom. The highest BCUT2D eigenvalue weighted by molar-refractivity contribution is 7.92. The van der Waals surface area contributed by atoms with Crippen molar-refractivity contribution in [1.82, 2.24) is 5.32 Å². The number of amides is 1. The average Bonchev–Trinajstić information content (AvgIpc) is 2.60. The van der Waals surface area contributed by atoms with Crippen molar-refractivity contribution in [3.05, 3.63) is 59.1 Å². The van der Waals surface area contributed by atoms with Gasteiger partial charge in [-0.25, -0.2) is 8.42 Å². The van der Waals surface area contributed by atoms with E-state index in [1.807, 2.05) is 20.8 Å². The van der Waals surface area contributed by atoms with E-state index < -0.39 is 10.0 Å². The van der Waals surface area contributed by atoms with Gasteiger partial charge in [-0.15, -0.1) is 0 Å². The van der Waals surface area contributed by atoms with Gasteiger partial charge in [0.05, 0.1) is 10.6 Å². The number of aryl methyl sites for hydroxylation is 1. The molecule has 2 aromatic carbocycles. The SMILES string of the molecule is CC[C@H](C)NC(=O)CN(c1ccc(Cl)cc1)S(=O)(=O)c1ccc(C)cc1. The number of anilines is 1. The van der Waals surface area contributed by atoms with Gasteiger partial charge >= 0.3 is 0 Å². The number of benzene rings is 2. The van der Waals surface area contributed by atoms with Crippen LogP contribution in [-0.4, -0.2) is 26.9 Å². The summed E-state index contributed by atoms with van der Waals surface area (Å²) in [6.07, 6.45) is 0.761. The van der Waals surface area contributed by atoms with Crippen LogP contribution in [0.2, 0.25) is 5.02 Å². The van der Waals surface area contributed by atoms with Crippen LogP contribution in [-0.2, 0) is 14.8 Å². The third kappa shape index (κ3) is 4.99. The lowest BCUT2D eigenvalue weighted by Gasteiger charge is -2.25. The normalized spacial score (nSPS) is 12.5. The van der Waals surface area contributed by atoms with Crippen LogP contribution < -0.4 is 9.62 Å². The summed E-state index contributed by atoms with van der Waals surface area (Å²) in [6, 6.07) is 12.9. The summed E-state index contributed by atoms with van der Waals surface area (Å²) in [6.45, 7) is 5.40. The van der Waals surface area contributed by atoms with Crippen LogP contribution in [0.5, 0.6) is 0 Å². The molecular weight excluding hydrogens is 372 g/mol. The predicted octanol–water partition coefficient (Wildman–Crippen LogP) is 3.76. The summed E-state index contributed by atoms with van der Waals surface area (Å²) in [4.78, 5) is 12.5. The molecule has 0 heterocycles. The van der Waals surface area contributed by atoms with Crippen molar-refractivity contribution in [3.8, 4) is 0 Å². The fourth-order valence-electron chi connectivity index (χ4n) is 2.31. The minimum Gasteiger partial charge on any atom is -0.352 e. The maximum Gasteiger partial charge on any atom is 0.264 e. The summed E-state index contributed by atoms with van der Waals surface area (Å²) in [5.74, 6) is -0.356. The van der Waals surface area contributed by atoms with Gasteiger partial charge in [0.2, 0.25) is 5.91 Å². The maximum atomic E-state index is 13.1. The summed E-state index contributed by atoms with van der Waals surface area (Å²) in [7, 11) is -3.89. The van der Waals surface area contributed by atoms with E-state index in [0.29, 0.717) is 10.7 Å². The van der Waals surface area contributed by atoms with E-state index in [2.05, 4.69) is 5.32 Å². The van der Waals surface area contributed by atoms with E-state index in [0.717, 1.165) is 16.3 Å². The molecule has 0 radical (unpaired) electrons. The van der Waals surface area contributed by atoms with E-state index in [4.69, 9.17) is 11.6 Å². The molecule has 0 aliphatic heterocycles. The van der Waals surface area contributed by atoms with Crippen molar-refractivity contribution < 1.29 is 13.2 Å². The van der Waals surface area contributed by atoms with Crippen LogP contribution in [0.25, 0.3) is 0 Å². The number of halogens is 1. The molecule has 0 saturated heterocycles. The molecule has 2 rings (SSSR count). The van der Waals surface area contributed by atoms with Gasteiger partial charge in [-0.2, -0.15) is 0 Å². The number of nitrogens with zero attached hydrogens (tertiary/aromatic N) is 1. The zero-order valence-corrected chi connectivity index (χ0v) is 16.6. The molecule has 5 nitrogen and oxygen atoms in total. The van der Waals surface area contributed by atoms with E-state index >= 15 is 0 Å². The predicted molar refractivity (Wildman–Crippen MR) is 105 cm³/mol. The third-order valence-corrected chi connectivity index (χ3v) is 6.07. The number of hydrogen-bond donors (Lipinski definition) is 1. The first-order chi connectivity index (χ1) is 12.2. The second kappa shape index (κ2) is 8.56. The molecule has 0 aromatic heterocycles. The smallest absolute Gasteiger partial charge is 0.264 e. The van der Waals surface area contributed by atoms with Crippen LogP contribution in [0.3, 0.4) is 0 Å². The zero-order valence-electron chi connectivity index (χ0n) is 15.1. The van der Waals surface area contributed by atoms with Crippen LogP contribution in [0, 0.1) is 6.92 Å². The summed E-state index contributed by atoms with van der Waals surface area (Å²) in [5, 5.41) is 3.29. The lowest BCUT2D eigenvalue weighted by Crippen LogP contribution is -2.43. The second-order valence-electron chi connectivity index (χ2n) is 6.18. The Morgan fingerprint density at radius 3 is 2.23 bits per heavy atom. The molecule has 0 spiro atoms. The highest BCUT2D eigenvalue weighted by Gasteiger charge is 2.27. The number of carbonyl (C=O) groups is 1. The van der Waals surface area contributed by atoms with E-state index in [1.54, 1.807) is 48.5 Å². The Hall–Kier alpha value is -2.05. The molecule has 0 saturated carbocycles. The molecule has 7 heteroatoms. The molecule has 1 amide bonds. The number of rotatable bonds is 7. The lowest BCUT2D eigenvalue weighted by atomic mass is 10.2. The number of sulfonamides is 1. The van der Waals surface area contributed by atoms with Gasteiger partial charge < -0.3 is 5.32 Å². The first kappa shape index (κ1) is 20.3. The van der Waals surface area contributed by atoms with Crippen LogP contribution in [0.15, 0.2) is 53.4 Å². The van der Waals surface area contributed by atoms with Crippen molar-refractivity contribution in [2.75, 3.05) is 10.8 Å². The summed E-state index contributed by atoms with van der Waals surface area (Å²) < 4.78 is 27.4. The molecule has 0 fully saturated rings. The first-order valence-corrected chi connectivity index (χ1v) is 10.2. The molecule has 1 N–H and O–H groups in total. The van der Waals surface area contributed by atoms with Crippen molar-refractivity contribution in [3.63, 3.8) is 0 Å². The average molecular weight is 395 g/mol. The van der Waals surface area contributed by atoms with Gasteiger partial charge in [0.15, 0.2) is 0 Å². The third-order valence-electron chi connectivity index (χ3n) is 4.03. The van der Waals surface area contributed by atoms with E-state index in [-0.39, 0.29) is 23.4 Å². The van der Waals surface area contributed by atoms with Gasteiger partial charge in [-0.05, 0) is 56.7 Å². The Balaban J connectivity index is 2.40. The van der Waals surface area contributed by atoms with Gasteiger partial charge in [-0.3, -0.25) is 9.10 Å². The van der Waals surface area contributed by atoms with Crippen molar-refractivity contribution >= 4 is 33.2 Å². The Labute approximate surface area is 160 Å². The van der Waals surface area contributed by atoms with Gasteiger partial charge in [0.1, 0.15) is 6.54 Å². The van der Waals surface area contributed by atoms with Gasteiger partial charge in [0.25, 0.3) is 10.0 Å². The highest BCUT2D eigenvalue weighted by atomic mass is 35.5. The molecular formula is C19H23ClN2O3S. The molecule has 0 bridgehead atoms. The number of hydrogen-bond acceptors (Lipinski definition) is 3. The van der Waals surface area contributed by atoms with Crippen LogP contribution >= 0.6 is 11.6 Å². The first-order valence-electron chi connectivity index (χ1n) is 8.38. The van der Waals surface area contributed by atoms with Gasteiger partial charge in [0, 0.05) is 11.1 Å². The molecule has 0 aliphatic carbocycles. The van der Waals surface area contributed by atoms with E-state index in [9.17, 15) is 13.2 Å². The van der Waals surface area contributed by atoms with Crippen LogP contribution in [0.4, 0.5) is 5.69 Å². The number of nitrogens with one attached hydrogen (secondary N) is 1. The van der Waals surface area contributed by atoms with Crippen molar-refractivity contribution in [1.29, 1.82) is 0 Å². The monoisotopic (exact) mass is 394 g/mol. The second-order valence-corrected chi connectivity index (χ2v) is 8.48. The lowest BCUT2D eigenvalue weighted by molar-refractivity contribution is -0.120. The Kier molecular flexibility index (Phi) is 6.67. The Bertz CT molecular complexity index is 849. The Morgan fingerprint density at radius 1 is 1.12 bits per heavy atom. The molecule has 2 aromatic rings. The molecule has 26 heavy (non-hydrogen) atoms. The fraction of sp³-hybridized carbons (Fsp3) is 0.316. The standard InChI is InChI=1S/C19H23ClN2O3S/c1-4-15(3)21-19(23)13-22(17-9-7-16(20)8-10-17)26(24,25)18-11-5-14(2)6-12-18/h5-12,15H,4,13H2,1-3H3,(H,21,23)/t15-/m0/s1. The summed E-state index contributed by atoms with van der Waals surface area (Å²) >= 11 is 5.91. The molecule has 0 unspecified atom stereocenters. The van der Waals surface area contributed by atoms with Crippen LogP contribution in [0.1, 0.15) is 25.8 Å². The highest BCUT2D eigenvalue weighted by Crippen LogP contribution is 2.25. The summed E-state index contributed by atoms with van der Waals surface area (Å²) in [5.41, 5.74) is 1.34. The molecule has 140 valence electrons. The number of carbonyl (C=O) groups excluding carboxylic acids is 1. The van der Waals surface area contributed by atoms with Crippen molar-refractivity contribution in [2.45, 2.75) is 38.1 Å². The van der Waals surface area contributed by atoms with Crippen molar-refractivity contribution in [2.24, 2.45) is 0 Å². The minimum atomic E-state index is -3.89. The maximum absolute atomic E-state index is 13.1. The van der Waals surface area contributed by atoms with Gasteiger partial charge in [-0.1, -0.05) is 36.2 Å².